The molecular formula is C15H10O3. The molecule has 0 saturated carbocycles. The van der Waals surface area contributed by atoms with E-state index >= 15 is 0 Å². The molecule has 0 aliphatic heterocycles. The Hall–Kier alpha value is -2.55. The van der Waals surface area contributed by atoms with E-state index in [2.05, 4.69) is 0 Å². The summed E-state index contributed by atoms with van der Waals surface area (Å²) in [5.74, 6) is -0.815. The van der Waals surface area contributed by atoms with Gasteiger partial charge in [0.15, 0.2) is 0 Å². The van der Waals surface area contributed by atoms with Crippen LogP contribution in [-0.2, 0) is 4.79 Å². The van der Waals surface area contributed by atoms with Crippen LogP contribution in [-0.4, -0.2) is 16.2 Å². The number of hydrogen-bond donors (Lipinski definition) is 2. The van der Waals surface area contributed by atoms with Crippen molar-refractivity contribution in [3.63, 3.8) is 0 Å². The fraction of sp³-hybridized carbons (Fsp3) is 0. The van der Waals surface area contributed by atoms with Crippen molar-refractivity contribution in [3.8, 4) is 16.9 Å². The molecule has 0 radical (unpaired) electrons. The van der Waals surface area contributed by atoms with E-state index in [1.165, 1.54) is 6.08 Å². The summed E-state index contributed by atoms with van der Waals surface area (Å²) in [5, 5.41) is 18.9. The van der Waals surface area contributed by atoms with Crippen LogP contribution in [0.2, 0.25) is 0 Å². The zero-order chi connectivity index (χ0) is 12.7. The van der Waals surface area contributed by atoms with Crippen LogP contribution in [0.25, 0.3) is 16.7 Å². The summed E-state index contributed by atoms with van der Waals surface area (Å²) in [6, 6.07) is 12.6. The number of benzene rings is 2. The molecule has 1 aliphatic rings. The van der Waals surface area contributed by atoms with Gasteiger partial charge in [0, 0.05) is 11.6 Å². The second-order valence-electron chi connectivity index (χ2n) is 4.14. The Morgan fingerprint density at radius 3 is 2.33 bits per heavy atom. The number of hydrogen-bond acceptors (Lipinski definition) is 2. The van der Waals surface area contributed by atoms with Gasteiger partial charge in [-0.25, -0.2) is 4.79 Å². The van der Waals surface area contributed by atoms with Gasteiger partial charge in [-0.2, -0.15) is 0 Å². The highest BCUT2D eigenvalue weighted by Crippen LogP contribution is 2.47. The molecule has 0 amide bonds. The molecule has 18 heavy (non-hydrogen) atoms. The molecule has 1 aliphatic carbocycles. The molecule has 0 bridgehead atoms. The predicted molar refractivity (Wildman–Crippen MR) is 68.3 cm³/mol. The number of aromatic hydroxyl groups is 1. The highest BCUT2D eigenvalue weighted by molar-refractivity contribution is 6.07. The van der Waals surface area contributed by atoms with Crippen LogP contribution in [0, 0.1) is 0 Å². The van der Waals surface area contributed by atoms with Gasteiger partial charge in [0.1, 0.15) is 5.75 Å². The van der Waals surface area contributed by atoms with Crippen molar-refractivity contribution in [3.05, 3.63) is 59.7 Å². The maximum Gasteiger partial charge on any atom is 0.328 e. The van der Waals surface area contributed by atoms with E-state index < -0.39 is 5.97 Å². The van der Waals surface area contributed by atoms with Crippen molar-refractivity contribution in [2.45, 2.75) is 0 Å². The monoisotopic (exact) mass is 238 g/mol. The number of phenols is 1. The molecular weight excluding hydrogens is 228 g/mol. The quantitative estimate of drug-likeness (QED) is 0.641. The predicted octanol–water partition coefficient (Wildman–Crippen LogP) is 2.89. The molecule has 3 heteroatoms. The van der Waals surface area contributed by atoms with Crippen molar-refractivity contribution in [1.29, 1.82) is 0 Å². The van der Waals surface area contributed by atoms with Gasteiger partial charge in [0.25, 0.3) is 0 Å². The molecule has 2 N–H and O–H groups in total. The molecule has 0 aromatic heterocycles. The Labute approximate surface area is 104 Å². The van der Waals surface area contributed by atoms with E-state index in [1.807, 2.05) is 30.3 Å². The average molecular weight is 238 g/mol. The highest BCUT2D eigenvalue weighted by Gasteiger charge is 2.25. The van der Waals surface area contributed by atoms with Crippen LogP contribution >= 0.6 is 0 Å². The second kappa shape index (κ2) is 3.74. The summed E-state index contributed by atoms with van der Waals surface area (Å²) in [6.07, 6.45) is 1.18. The average Bonchev–Trinajstić information content (AvgIpc) is 2.65. The number of aliphatic carboxylic acids is 1. The second-order valence-corrected chi connectivity index (χ2v) is 4.14. The fourth-order valence-corrected chi connectivity index (χ4v) is 2.41. The van der Waals surface area contributed by atoms with Gasteiger partial charge < -0.3 is 10.2 Å². The van der Waals surface area contributed by atoms with Gasteiger partial charge in [-0.3, -0.25) is 0 Å². The zero-order valence-electron chi connectivity index (χ0n) is 9.42. The third-order valence-corrected chi connectivity index (χ3v) is 3.09. The SMILES string of the molecule is O=C(O)/C=C1\c2ccccc2-c2c(O)cccc21. The van der Waals surface area contributed by atoms with Gasteiger partial charge in [-0.1, -0.05) is 36.4 Å². The van der Waals surface area contributed by atoms with Crippen LogP contribution < -0.4 is 0 Å². The molecule has 3 rings (SSSR count). The van der Waals surface area contributed by atoms with Crippen molar-refractivity contribution in [2.75, 3.05) is 0 Å². The summed E-state index contributed by atoms with van der Waals surface area (Å²) in [7, 11) is 0. The number of carboxylic acid groups (broad SMARTS) is 1. The minimum Gasteiger partial charge on any atom is -0.507 e. The normalized spacial score (nSPS) is 14.3. The van der Waals surface area contributed by atoms with E-state index in [9.17, 15) is 9.90 Å². The smallest absolute Gasteiger partial charge is 0.328 e. The first kappa shape index (κ1) is 10.6. The molecule has 0 fully saturated rings. The Morgan fingerprint density at radius 2 is 1.61 bits per heavy atom. The maximum absolute atomic E-state index is 10.9. The summed E-state index contributed by atoms with van der Waals surface area (Å²) < 4.78 is 0. The molecule has 2 aromatic carbocycles. The van der Waals surface area contributed by atoms with Gasteiger partial charge in [-0.15, -0.1) is 0 Å². The van der Waals surface area contributed by atoms with E-state index in [1.54, 1.807) is 12.1 Å². The minimum absolute atomic E-state index is 0.175. The third kappa shape index (κ3) is 1.41. The first-order valence-corrected chi connectivity index (χ1v) is 5.55. The Morgan fingerprint density at radius 1 is 0.944 bits per heavy atom. The van der Waals surface area contributed by atoms with Gasteiger partial charge >= 0.3 is 5.97 Å². The Kier molecular flexibility index (Phi) is 2.20. The molecule has 0 spiro atoms. The van der Waals surface area contributed by atoms with Gasteiger partial charge in [0.05, 0.1) is 0 Å². The minimum atomic E-state index is -0.990. The molecule has 0 saturated heterocycles. The third-order valence-electron chi connectivity index (χ3n) is 3.09. The molecule has 0 atom stereocenters. The standard InChI is InChI=1S/C15H10O3/c16-13-7-3-6-11-12(8-14(17)18)9-4-1-2-5-10(9)15(11)13/h1-8,16H,(H,17,18)/b12-8+. The van der Waals surface area contributed by atoms with Crippen molar-refractivity contribution < 1.29 is 15.0 Å². The van der Waals surface area contributed by atoms with Crippen molar-refractivity contribution in [2.24, 2.45) is 0 Å². The fourth-order valence-electron chi connectivity index (χ4n) is 2.41. The van der Waals surface area contributed by atoms with Crippen molar-refractivity contribution in [1.82, 2.24) is 0 Å². The number of phenolic OH excluding ortho intramolecular Hbond substituents is 1. The first-order chi connectivity index (χ1) is 8.68. The van der Waals surface area contributed by atoms with E-state index in [0.717, 1.165) is 16.7 Å². The van der Waals surface area contributed by atoms with Crippen LogP contribution in [0.4, 0.5) is 0 Å². The van der Waals surface area contributed by atoms with Gasteiger partial charge in [0.2, 0.25) is 0 Å². The zero-order valence-corrected chi connectivity index (χ0v) is 9.42. The molecule has 3 nitrogen and oxygen atoms in total. The van der Waals surface area contributed by atoms with Crippen LogP contribution in [0.1, 0.15) is 11.1 Å². The lowest BCUT2D eigenvalue weighted by Gasteiger charge is -2.02. The van der Waals surface area contributed by atoms with Crippen molar-refractivity contribution >= 4 is 11.5 Å². The number of carbonyl (C=O) groups is 1. The van der Waals surface area contributed by atoms with E-state index in [0.29, 0.717) is 11.1 Å². The van der Waals surface area contributed by atoms with E-state index in [4.69, 9.17) is 5.11 Å². The summed E-state index contributed by atoms with van der Waals surface area (Å²) in [6.45, 7) is 0. The Balaban J connectivity index is 2.39. The van der Waals surface area contributed by atoms with Crippen LogP contribution in [0.3, 0.4) is 0 Å². The summed E-state index contributed by atoms with van der Waals surface area (Å²) in [5.41, 5.74) is 3.83. The van der Waals surface area contributed by atoms with E-state index in [-0.39, 0.29) is 5.75 Å². The Bertz CT molecular complexity index is 684. The molecule has 0 unspecified atom stereocenters. The first-order valence-electron chi connectivity index (χ1n) is 5.55. The van der Waals surface area contributed by atoms with Gasteiger partial charge in [-0.05, 0) is 28.3 Å². The van der Waals surface area contributed by atoms with Crippen LogP contribution in [0.15, 0.2) is 48.5 Å². The largest absolute Gasteiger partial charge is 0.507 e. The molecule has 0 heterocycles. The molecule has 2 aromatic rings. The lowest BCUT2D eigenvalue weighted by Crippen LogP contribution is -1.91. The number of fused-ring (bicyclic) bond motifs is 3. The lowest BCUT2D eigenvalue weighted by atomic mass is 10.0. The lowest BCUT2D eigenvalue weighted by molar-refractivity contribution is -0.131. The maximum atomic E-state index is 10.9. The summed E-state index contributed by atoms with van der Waals surface area (Å²) >= 11 is 0. The molecule has 88 valence electrons. The topological polar surface area (TPSA) is 57.5 Å². The van der Waals surface area contributed by atoms with Crippen LogP contribution in [0.5, 0.6) is 5.75 Å². The number of rotatable bonds is 1. The number of carboxylic acids is 1. The highest BCUT2D eigenvalue weighted by atomic mass is 16.4. The summed E-state index contributed by atoms with van der Waals surface area (Å²) in [4.78, 5) is 10.9.